The van der Waals surface area contributed by atoms with Gasteiger partial charge in [-0.05, 0) is 36.5 Å². The second-order valence-corrected chi connectivity index (χ2v) is 5.46. The van der Waals surface area contributed by atoms with Gasteiger partial charge in [0.05, 0.1) is 12.7 Å². The van der Waals surface area contributed by atoms with Gasteiger partial charge in [0.1, 0.15) is 0 Å². The van der Waals surface area contributed by atoms with E-state index in [1.54, 1.807) is 6.07 Å². The Morgan fingerprint density at radius 2 is 1.71 bits per heavy atom. The minimum absolute atomic E-state index is 0.294. The predicted octanol–water partition coefficient (Wildman–Crippen LogP) is 3.83. The third-order valence-electron chi connectivity index (χ3n) is 4.10. The van der Waals surface area contributed by atoms with Crippen LogP contribution in [0.3, 0.4) is 0 Å². The number of hydrogen-bond donors (Lipinski definition) is 1. The largest absolute Gasteiger partial charge is 0.465 e. The van der Waals surface area contributed by atoms with E-state index in [1.807, 2.05) is 24.3 Å². The lowest BCUT2D eigenvalue weighted by Crippen LogP contribution is -2.34. The van der Waals surface area contributed by atoms with E-state index in [1.165, 1.54) is 12.7 Å². The minimum atomic E-state index is -0.294. The van der Waals surface area contributed by atoms with Gasteiger partial charge in [-0.25, -0.2) is 4.79 Å². The highest BCUT2D eigenvalue weighted by molar-refractivity contribution is 5.95. The highest BCUT2D eigenvalue weighted by Gasteiger charge is 2.30. The molecule has 0 spiro atoms. The fourth-order valence-corrected chi connectivity index (χ4v) is 2.85. The summed E-state index contributed by atoms with van der Waals surface area (Å²) in [5.41, 5.74) is 2.86. The van der Waals surface area contributed by atoms with Crippen LogP contribution in [0, 0.1) is 0 Å². The van der Waals surface area contributed by atoms with Gasteiger partial charge in [0, 0.05) is 11.7 Å². The summed E-state index contributed by atoms with van der Waals surface area (Å²) in [6, 6.07) is 18.5. The van der Waals surface area contributed by atoms with Crippen molar-refractivity contribution in [1.82, 2.24) is 0 Å². The normalized spacial score (nSPS) is 20.4. The van der Waals surface area contributed by atoms with Crippen molar-refractivity contribution >= 4 is 11.7 Å². The quantitative estimate of drug-likeness (QED) is 0.866. The Balaban J connectivity index is 1.64. The van der Waals surface area contributed by atoms with Gasteiger partial charge in [-0.15, -0.1) is 0 Å². The van der Waals surface area contributed by atoms with Gasteiger partial charge in [0.15, 0.2) is 0 Å². The molecule has 3 nitrogen and oxygen atoms in total. The zero-order valence-electron chi connectivity index (χ0n) is 12.1. The molecule has 0 aromatic heterocycles. The fourth-order valence-electron chi connectivity index (χ4n) is 2.85. The van der Waals surface area contributed by atoms with Crippen LogP contribution in [0.15, 0.2) is 54.6 Å². The number of carbonyl (C=O) groups is 1. The molecule has 3 rings (SSSR count). The maximum Gasteiger partial charge on any atom is 0.339 e. The summed E-state index contributed by atoms with van der Waals surface area (Å²) in [5.74, 6) is 0.325. The Hall–Kier alpha value is -2.29. The zero-order chi connectivity index (χ0) is 14.7. The van der Waals surface area contributed by atoms with Crippen molar-refractivity contribution in [3.63, 3.8) is 0 Å². The average Bonchev–Trinajstić information content (AvgIpc) is 2.51. The van der Waals surface area contributed by atoms with Crippen molar-refractivity contribution in [2.24, 2.45) is 0 Å². The number of esters is 1. The van der Waals surface area contributed by atoms with Crippen LogP contribution in [-0.4, -0.2) is 19.1 Å². The molecule has 2 aromatic rings. The second kappa shape index (κ2) is 6.00. The molecule has 0 bridgehead atoms. The first-order valence-corrected chi connectivity index (χ1v) is 7.26. The summed E-state index contributed by atoms with van der Waals surface area (Å²) in [6.45, 7) is 0. The number of carbonyl (C=O) groups excluding carboxylic acids is 1. The standard InChI is InChI=1S/C18H19NO2/c1-21-18(20)16-9-5-6-10-17(16)19-15-11-14(12-15)13-7-3-2-4-8-13/h2-10,14-15,19H,11-12H2,1H3. The maximum absolute atomic E-state index is 11.7. The van der Waals surface area contributed by atoms with Gasteiger partial charge in [0.25, 0.3) is 0 Å². The molecular weight excluding hydrogens is 262 g/mol. The molecule has 1 aliphatic carbocycles. The number of methoxy groups -OCH3 is 1. The van der Waals surface area contributed by atoms with Crippen LogP contribution in [0.25, 0.3) is 0 Å². The van der Waals surface area contributed by atoms with Crippen molar-refractivity contribution < 1.29 is 9.53 Å². The number of hydrogen-bond acceptors (Lipinski definition) is 3. The molecule has 1 fully saturated rings. The lowest BCUT2D eigenvalue weighted by atomic mass is 9.76. The van der Waals surface area contributed by atoms with Crippen LogP contribution in [0.4, 0.5) is 5.69 Å². The number of nitrogens with one attached hydrogen (secondary N) is 1. The first kappa shape index (κ1) is 13.7. The summed E-state index contributed by atoms with van der Waals surface area (Å²) < 4.78 is 4.82. The van der Waals surface area contributed by atoms with E-state index >= 15 is 0 Å². The monoisotopic (exact) mass is 281 g/mol. The summed E-state index contributed by atoms with van der Waals surface area (Å²) in [4.78, 5) is 11.7. The second-order valence-electron chi connectivity index (χ2n) is 5.46. The van der Waals surface area contributed by atoms with Gasteiger partial charge in [-0.3, -0.25) is 0 Å². The van der Waals surface area contributed by atoms with E-state index in [2.05, 4.69) is 29.6 Å². The summed E-state index contributed by atoms with van der Waals surface area (Å²) >= 11 is 0. The van der Waals surface area contributed by atoms with Gasteiger partial charge in [0.2, 0.25) is 0 Å². The van der Waals surface area contributed by atoms with E-state index in [9.17, 15) is 4.79 Å². The molecule has 0 atom stereocenters. The van der Waals surface area contributed by atoms with Gasteiger partial charge >= 0.3 is 5.97 Å². The number of benzene rings is 2. The van der Waals surface area contributed by atoms with Crippen LogP contribution in [-0.2, 0) is 4.74 Å². The number of ether oxygens (including phenoxy) is 1. The first-order valence-electron chi connectivity index (χ1n) is 7.26. The lowest BCUT2D eigenvalue weighted by Gasteiger charge is -2.37. The van der Waals surface area contributed by atoms with Crippen LogP contribution in [0.5, 0.6) is 0 Å². The Labute approximate surface area is 124 Å². The maximum atomic E-state index is 11.7. The van der Waals surface area contributed by atoms with Crippen molar-refractivity contribution in [3.05, 3.63) is 65.7 Å². The van der Waals surface area contributed by atoms with Crippen molar-refractivity contribution in [2.75, 3.05) is 12.4 Å². The summed E-state index contributed by atoms with van der Waals surface area (Å²) in [6.07, 6.45) is 2.19. The van der Waals surface area contributed by atoms with E-state index < -0.39 is 0 Å². The van der Waals surface area contributed by atoms with Crippen molar-refractivity contribution in [1.29, 1.82) is 0 Å². The van der Waals surface area contributed by atoms with E-state index in [0.717, 1.165) is 18.5 Å². The van der Waals surface area contributed by atoms with Crippen molar-refractivity contribution in [2.45, 2.75) is 24.8 Å². The molecule has 0 amide bonds. The molecule has 1 N–H and O–H groups in total. The topological polar surface area (TPSA) is 38.3 Å². The van der Waals surface area contributed by atoms with E-state index in [-0.39, 0.29) is 5.97 Å². The molecule has 108 valence electrons. The highest BCUT2D eigenvalue weighted by Crippen LogP contribution is 2.38. The SMILES string of the molecule is COC(=O)c1ccccc1NC1CC(c2ccccc2)C1. The zero-order valence-corrected chi connectivity index (χ0v) is 12.1. The lowest BCUT2D eigenvalue weighted by molar-refractivity contribution is 0.0601. The smallest absolute Gasteiger partial charge is 0.339 e. The molecule has 2 aromatic carbocycles. The molecule has 3 heteroatoms. The third kappa shape index (κ3) is 2.92. The van der Waals surface area contributed by atoms with Crippen LogP contribution < -0.4 is 5.32 Å². The molecule has 0 unspecified atom stereocenters. The van der Waals surface area contributed by atoms with Gasteiger partial charge in [-0.2, -0.15) is 0 Å². The highest BCUT2D eigenvalue weighted by atomic mass is 16.5. The molecule has 21 heavy (non-hydrogen) atoms. The van der Waals surface area contributed by atoms with Gasteiger partial charge < -0.3 is 10.1 Å². The predicted molar refractivity (Wildman–Crippen MR) is 83.6 cm³/mol. The number of anilines is 1. The van der Waals surface area contributed by atoms with Crippen molar-refractivity contribution in [3.8, 4) is 0 Å². The van der Waals surface area contributed by atoms with E-state index in [4.69, 9.17) is 4.74 Å². The number of para-hydroxylation sites is 1. The van der Waals surface area contributed by atoms with Gasteiger partial charge in [-0.1, -0.05) is 42.5 Å². The Kier molecular flexibility index (Phi) is 3.91. The molecule has 0 aliphatic heterocycles. The average molecular weight is 281 g/mol. The van der Waals surface area contributed by atoms with Crippen LogP contribution >= 0.6 is 0 Å². The Morgan fingerprint density at radius 1 is 1.05 bits per heavy atom. The Morgan fingerprint density at radius 3 is 2.43 bits per heavy atom. The summed E-state index contributed by atoms with van der Waals surface area (Å²) in [5, 5.41) is 3.46. The molecule has 0 radical (unpaired) electrons. The first-order chi connectivity index (χ1) is 10.3. The van der Waals surface area contributed by atoms with E-state index in [0.29, 0.717) is 17.5 Å². The molecular formula is C18H19NO2. The minimum Gasteiger partial charge on any atom is -0.465 e. The van der Waals surface area contributed by atoms with Crippen LogP contribution in [0.2, 0.25) is 0 Å². The molecule has 1 saturated carbocycles. The third-order valence-corrected chi connectivity index (χ3v) is 4.10. The Bertz CT molecular complexity index is 618. The molecule has 1 aliphatic rings. The van der Waals surface area contributed by atoms with Crippen LogP contribution in [0.1, 0.15) is 34.7 Å². The molecule has 0 heterocycles. The fraction of sp³-hybridized carbons (Fsp3) is 0.278. The summed E-state index contributed by atoms with van der Waals surface area (Å²) in [7, 11) is 1.41. The molecule has 0 saturated heterocycles. The number of rotatable bonds is 4.